The lowest BCUT2D eigenvalue weighted by Gasteiger charge is -2.21. The van der Waals surface area contributed by atoms with Gasteiger partial charge >= 0.3 is 0 Å². The van der Waals surface area contributed by atoms with E-state index < -0.39 is 6.04 Å². The Kier molecular flexibility index (Phi) is 4.87. The predicted molar refractivity (Wildman–Crippen MR) is 71.9 cm³/mol. The number of anilines is 1. The molecule has 0 fully saturated rings. The minimum absolute atomic E-state index is 0.0468. The van der Waals surface area contributed by atoms with Gasteiger partial charge in [0.1, 0.15) is 11.9 Å². The van der Waals surface area contributed by atoms with Crippen molar-refractivity contribution in [1.29, 1.82) is 5.26 Å². The number of benzene rings is 1. The van der Waals surface area contributed by atoms with Crippen LogP contribution >= 0.6 is 0 Å². The number of nitrogens with one attached hydrogen (secondary N) is 2. The summed E-state index contributed by atoms with van der Waals surface area (Å²) in [5.74, 6) is -0.543. The summed E-state index contributed by atoms with van der Waals surface area (Å²) in [6.45, 7) is 5.62. The lowest BCUT2D eigenvalue weighted by molar-refractivity contribution is -0.122. The molecule has 1 rings (SSSR count). The quantitative estimate of drug-likeness (QED) is 0.876. The second-order valence-corrected chi connectivity index (χ2v) is 5.34. The smallest absolute Gasteiger partial charge is 0.223 e. The molecule has 0 aromatic heterocycles. The maximum absolute atomic E-state index is 12.7. The van der Waals surface area contributed by atoms with Crippen LogP contribution in [0.15, 0.2) is 24.3 Å². The summed E-state index contributed by atoms with van der Waals surface area (Å²) in [4.78, 5) is 11.7. The Balaban J connectivity index is 2.57. The van der Waals surface area contributed by atoms with E-state index in [1.54, 1.807) is 0 Å². The highest BCUT2D eigenvalue weighted by Gasteiger charge is 2.18. The van der Waals surface area contributed by atoms with Crippen molar-refractivity contribution in [2.45, 2.75) is 38.8 Å². The first-order valence-corrected chi connectivity index (χ1v) is 6.03. The average molecular weight is 263 g/mol. The van der Waals surface area contributed by atoms with Gasteiger partial charge in [0.15, 0.2) is 0 Å². The van der Waals surface area contributed by atoms with Crippen LogP contribution in [0.25, 0.3) is 0 Å². The lowest BCUT2D eigenvalue weighted by atomic mass is 10.1. The van der Waals surface area contributed by atoms with Crippen LogP contribution < -0.4 is 10.6 Å². The van der Waals surface area contributed by atoms with Crippen LogP contribution in [-0.4, -0.2) is 17.5 Å². The van der Waals surface area contributed by atoms with E-state index in [1.165, 1.54) is 24.3 Å². The minimum atomic E-state index is -0.646. The standard InChI is InChI=1S/C14H18FN3O/c1-14(2,3)18-13(19)8-12(9-16)17-11-6-4-10(15)5-7-11/h4-7,12,17H,8H2,1-3H3,(H,18,19). The monoisotopic (exact) mass is 263 g/mol. The Morgan fingerprint density at radius 1 is 1.37 bits per heavy atom. The predicted octanol–water partition coefficient (Wildman–Crippen LogP) is 2.43. The zero-order valence-electron chi connectivity index (χ0n) is 11.3. The van der Waals surface area contributed by atoms with Crippen molar-refractivity contribution >= 4 is 11.6 Å². The number of hydrogen-bond donors (Lipinski definition) is 2. The van der Waals surface area contributed by atoms with Crippen molar-refractivity contribution in [2.75, 3.05) is 5.32 Å². The van der Waals surface area contributed by atoms with Crippen LogP contribution in [0.3, 0.4) is 0 Å². The molecule has 0 aliphatic rings. The van der Waals surface area contributed by atoms with E-state index in [9.17, 15) is 9.18 Å². The maximum Gasteiger partial charge on any atom is 0.223 e. The van der Waals surface area contributed by atoms with Gasteiger partial charge in [0.2, 0.25) is 5.91 Å². The molecule has 2 N–H and O–H groups in total. The number of nitriles is 1. The first kappa shape index (κ1) is 15.0. The fourth-order valence-electron chi connectivity index (χ4n) is 1.53. The summed E-state index contributed by atoms with van der Waals surface area (Å²) in [7, 11) is 0. The summed E-state index contributed by atoms with van der Waals surface area (Å²) < 4.78 is 12.7. The van der Waals surface area contributed by atoms with Crippen molar-refractivity contribution in [1.82, 2.24) is 5.32 Å². The maximum atomic E-state index is 12.7. The molecule has 5 heteroatoms. The molecular weight excluding hydrogens is 245 g/mol. The molecule has 1 amide bonds. The largest absolute Gasteiger partial charge is 0.369 e. The Hall–Kier alpha value is -2.09. The Labute approximate surface area is 112 Å². The molecule has 0 aliphatic carbocycles. The van der Waals surface area contributed by atoms with E-state index >= 15 is 0 Å². The van der Waals surface area contributed by atoms with Crippen molar-refractivity contribution in [3.63, 3.8) is 0 Å². The van der Waals surface area contributed by atoms with Gasteiger partial charge in [0, 0.05) is 11.2 Å². The molecule has 1 aromatic rings. The fraction of sp³-hybridized carbons (Fsp3) is 0.429. The molecule has 0 heterocycles. The van der Waals surface area contributed by atoms with E-state index in [1.807, 2.05) is 26.8 Å². The minimum Gasteiger partial charge on any atom is -0.369 e. The second-order valence-electron chi connectivity index (χ2n) is 5.34. The zero-order valence-corrected chi connectivity index (χ0v) is 11.3. The van der Waals surface area contributed by atoms with Gasteiger partial charge in [-0.15, -0.1) is 0 Å². The molecule has 4 nitrogen and oxygen atoms in total. The lowest BCUT2D eigenvalue weighted by Crippen LogP contribution is -2.42. The zero-order chi connectivity index (χ0) is 14.5. The molecule has 0 radical (unpaired) electrons. The highest BCUT2D eigenvalue weighted by Crippen LogP contribution is 2.11. The molecule has 0 bridgehead atoms. The van der Waals surface area contributed by atoms with Crippen LogP contribution in [0.5, 0.6) is 0 Å². The third-order valence-corrected chi connectivity index (χ3v) is 2.24. The Bertz CT molecular complexity index is 471. The number of hydrogen-bond acceptors (Lipinski definition) is 3. The third-order valence-electron chi connectivity index (χ3n) is 2.24. The third kappa shape index (κ3) is 5.87. The molecule has 1 aromatic carbocycles. The van der Waals surface area contributed by atoms with Crippen LogP contribution in [0, 0.1) is 17.1 Å². The van der Waals surface area contributed by atoms with Crippen LogP contribution in [0.4, 0.5) is 10.1 Å². The van der Waals surface area contributed by atoms with Gasteiger partial charge in [-0.1, -0.05) is 0 Å². The summed E-state index contributed by atoms with van der Waals surface area (Å²) in [6.07, 6.45) is 0.0468. The first-order valence-electron chi connectivity index (χ1n) is 6.03. The number of nitrogens with zero attached hydrogens (tertiary/aromatic N) is 1. The van der Waals surface area contributed by atoms with Crippen molar-refractivity contribution in [3.05, 3.63) is 30.1 Å². The number of carbonyl (C=O) groups excluding carboxylic acids is 1. The van der Waals surface area contributed by atoms with Crippen LogP contribution in [-0.2, 0) is 4.79 Å². The molecule has 1 unspecified atom stereocenters. The van der Waals surface area contributed by atoms with Crippen LogP contribution in [0.1, 0.15) is 27.2 Å². The summed E-state index contributed by atoms with van der Waals surface area (Å²) in [5, 5.41) is 14.7. The van der Waals surface area contributed by atoms with E-state index in [0.29, 0.717) is 5.69 Å². The molecule has 102 valence electrons. The molecule has 1 atom stereocenters. The molecule has 19 heavy (non-hydrogen) atoms. The van der Waals surface area contributed by atoms with Gasteiger partial charge in [-0.25, -0.2) is 4.39 Å². The highest BCUT2D eigenvalue weighted by molar-refractivity contribution is 5.78. The molecule has 0 saturated carbocycles. The van der Waals surface area contributed by atoms with Gasteiger partial charge in [-0.05, 0) is 45.0 Å². The normalized spacial score (nSPS) is 12.4. The number of halogens is 1. The number of rotatable bonds is 4. The SMILES string of the molecule is CC(C)(C)NC(=O)CC(C#N)Nc1ccc(F)cc1. The topological polar surface area (TPSA) is 64.9 Å². The van der Waals surface area contributed by atoms with E-state index in [2.05, 4.69) is 10.6 Å². The van der Waals surface area contributed by atoms with Gasteiger partial charge in [-0.3, -0.25) is 4.79 Å². The van der Waals surface area contributed by atoms with Crippen molar-refractivity contribution in [3.8, 4) is 6.07 Å². The van der Waals surface area contributed by atoms with Crippen molar-refractivity contribution < 1.29 is 9.18 Å². The summed E-state index contributed by atoms with van der Waals surface area (Å²) >= 11 is 0. The highest BCUT2D eigenvalue weighted by atomic mass is 19.1. The molecule has 0 spiro atoms. The fourth-order valence-corrected chi connectivity index (χ4v) is 1.53. The summed E-state index contributed by atoms with van der Waals surface area (Å²) in [5.41, 5.74) is 0.281. The summed E-state index contributed by atoms with van der Waals surface area (Å²) in [6, 6.07) is 7.02. The van der Waals surface area contributed by atoms with Crippen molar-refractivity contribution in [2.24, 2.45) is 0 Å². The van der Waals surface area contributed by atoms with Crippen LogP contribution in [0.2, 0.25) is 0 Å². The Morgan fingerprint density at radius 3 is 2.42 bits per heavy atom. The van der Waals surface area contributed by atoms with E-state index in [-0.39, 0.29) is 23.7 Å². The second kappa shape index (κ2) is 6.19. The first-order chi connectivity index (χ1) is 8.80. The molecule has 0 aliphatic heterocycles. The van der Waals surface area contributed by atoms with Gasteiger partial charge in [0.05, 0.1) is 12.5 Å². The number of amides is 1. The Morgan fingerprint density at radius 2 is 1.95 bits per heavy atom. The average Bonchev–Trinajstić information content (AvgIpc) is 2.28. The van der Waals surface area contributed by atoms with E-state index in [4.69, 9.17) is 5.26 Å². The van der Waals surface area contributed by atoms with E-state index in [0.717, 1.165) is 0 Å². The molecule has 0 saturated heterocycles. The number of carbonyl (C=O) groups is 1. The van der Waals surface area contributed by atoms with Gasteiger partial charge in [0.25, 0.3) is 0 Å². The molecular formula is C14H18FN3O. The van der Waals surface area contributed by atoms with Gasteiger partial charge < -0.3 is 10.6 Å². The van der Waals surface area contributed by atoms with Gasteiger partial charge in [-0.2, -0.15) is 5.26 Å².